The second kappa shape index (κ2) is 7.37. The van der Waals surface area contributed by atoms with Gasteiger partial charge in [-0.1, -0.05) is 18.2 Å². The molecule has 1 aliphatic heterocycles. The first kappa shape index (κ1) is 18.3. The number of para-hydroxylation sites is 1. The van der Waals surface area contributed by atoms with Crippen LogP contribution in [-0.2, 0) is 21.2 Å². The standard InChI is InChI=1S/C19H22N2O4S/c1-20(26(2,23)24)16-9-11-17(12-10-16)25-14-19(22)21-13-5-7-15-6-3-4-8-18(15)21/h3-4,6,8-12H,5,7,13-14H2,1-2H3. The van der Waals surface area contributed by atoms with E-state index in [-0.39, 0.29) is 12.5 Å². The van der Waals surface area contributed by atoms with E-state index in [0.29, 0.717) is 18.0 Å². The van der Waals surface area contributed by atoms with Gasteiger partial charge in [0.1, 0.15) is 5.75 Å². The van der Waals surface area contributed by atoms with E-state index in [0.717, 1.165) is 24.8 Å². The van der Waals surface area contributed by atoms with Crippen molar-refractivity contribution in [2.75, 3.05) is 35.7 Å². The molecule has 1 amide bonds. The van der Waals surface area contributed by atoms with E-state index >= 15 is 0 Å². The average Bonchev–Trinajstić information content (AvgIpc) is 2.64. The third-order valence-electron chi connectivity index (χ3n) is 4.47. The molecule has 3 rings (SSSR count). The van der Waals surface area contributed by atoms with Crippen LogP contribution in [0, 0.1) is 0 Å². The minimum Gasteiger partial charge on any atom is -0.484 e. The Balaban J connectivity index is 1.64. The minimum absolute atomic E-state index is 0.0599. The third kappa shape index (κ3) is 3.99. The lowest BCUT2D eigenvalue weighted by molar-refractivity contribution is -0.120. The topological polar surface area (TPSA) is 66.9 Å². The molecule has 0 aliphatic carbocycles. The number of anilines is 2. The summed E-state index contributed by atoms with van der Waals surface area (Å²) in [7, 11) is -1.82. The van der Waals surface area contributed by atoms with Gasteiger partial charge in [0, 0.05) is 19.3 Å². The second-order valence-electron chi connectivity index (χ2n) is 6.29. The zero-order valence-electron chi connectivity index (χ0n) is 14.9. The highest BCUT2D eigenvalue weighted by Crippen LogP contribution is 2.27. The first-order valence-electron chi connectivity index (χ1n) is 8.41. The van der Waals surface area contributed by atoms with Crippen LogP contribution in [0.1, 0.15) is 12.0 Å². The normalized spacial score (nSPS) is 13.8. The number of sulfonamides is 1. The lowest BCUT2D eigenvalue weighted by Crippen LogP contribution is -2.38. The van der Waals surface area contributed by atoms with Crippen LogP contribution in [0.4, 0.5) is 11.4 Å². The van der Waals surface area contributed by atoms with Crippen LogP contribution in [0.2, 0.25) is 0 Å². The predicted molar refractivity (Wildman–Crippen MR) is 102 cm³/mol. The van der Waals surface area contributed by atoms with Gasteiger partial charge in [-0.2, -0.15) is 0 Å². The summed E-state index contributed by atoms with van der Waals surface area (Å²) >= 11 is 0. The van der Waals surface area contributed by atoms with E-state index in [1.165, 1.54) is 16.9 Å². The lowest BCUT2D eigenvalue weighted by Gasteiger charge is -2.29. The molecule has 7 heteroatoms. The molecule has 0 aromatic heterocycles. The monoisotopic (exact) mass is 374 g/mol. The van der Waals surface area contributed by atoms with E-state index in [4.69, 9.17) is 4.74 Å². The van der Waals surface area contributed by atoms with Crippen molar-refractivity contribution in [1.29, 1.82) is 0 Å². The lowest BCUT2D eigenvalue weighted by atomic mass is 10.0. The van der Waals surface area contributed by atoms with Gasteiger partial charge in [0.2, 0.25) is 10.0 Å². The molecule has 0 N–H and O–H groups in total. The number of carbonyl (C=O) groups is 1. The number of hydrogen-bond donors (Lipinski definition) is 0. The number of hydrogen-bond acceptors (Lipinski definition) is 4. The van der Waals surface area contributed by atoms with E-state index < -0.39 is 10.0 Å². The summed E-state index contributed by atoms with van der Waals surface area (Å²) in [5.74, 6) is 0.434. The highest BCUT2D eigenvalue weighted by Gasteiger charge is 2.22. The van der Waals surface area contributed by atoms with Crippen molar-refractivity contribution in [3.05, 3.63) is 54.1 Å². The van der Waals surface area contributed by atoms with Gasteiger partial charge in [-0.15, -0.1) is 0 Å². The van der Waals surface area contributed by atoms with Gasteiger partial charge >= 0.3 is 0 Å². The predicted octanol–water partition coefficient (Wildman–Crippen LogP) is 2.44. The molecule has 0 unspecified atom stereocenters. The van der Waals surface area contributed by atoms with E-state index in [9.17, 15) is 13.2 Å². The van der Waals surface area contributed by atoms with Gasteiger partial charge in [-0.25, -0.2) is 8.42 Å². The van der Waals surface area contributed by atoms with Gasteiger partial charge in [0.25, 0.3) is 5.91 Å². The quantitative estimate of drug-likeness (QED) is 0.806. The van der Waals surface area contributed by atoms with Crippen molar-refractivity contribution in [2.45, 2.75) is 12.8 Å². The molecule has 26 heavy (non-hydrogen) atoms. The van der Waals surface area contributed by atoms with Crippen LogP contribution in [0.5, 0.6) is 5.75 Å². The van der Waals surface area contributed by atoms with Crippen LogP contribution < -0.4 is 13.9 Å². The number of rotatable bonds is 5. The molecule has 0 saturated heterocycles. The molecular weight excluding hydrogens is 352 g/mol. The Kier molecular flexibility index (Phi) is 5.18. The third-order valence-corrected chi connectivity index (χ3v) is 5.68. The van der Waals surface area contributed by atoms with Crippen LogP contribution >= 0.6 is 0 Å². The Morgan fingerprint density at radius 2 is 1.85 bits per heavy atom. The molecule has 1 aliphatic rings. The van der Waals surface area contributed by atoms with Gasteiger partial charge in [0.05, 0.1) is 11.9 Å². The summed E-state index contributed by atoms with van der Waals surface area (Å²) in [6.45, 7) is 0.632. The van der Waals surface area contributed by atoms with Gasteiger partial charge in [-0.05, 0) is 48.7 Å². The van der Waals surface area contributed by atoms with Crippen molar-refractivity contribution < 1.29 is 17.9 Å². The summed E-state index contributed by atoms with van der Waals surface area (Å²) < 4.78 is 29.9. The van der Waals surface area contributed by atoms with Crippen molar-refractivity contribution >= 4 is 27.3 Å². The average molecular weight is 374 g/mol. The highest BCUT2D eigenvalue weighted by atomic mass is 32.2. The Morgan fingerprint density at radius 1 is 1.15 bits per heavy atom. The Bertz CT molecular complexity index is 894. The van der Waals surface area contributed by atoms with E-state index in [1.54, 1.807) is 29.2 Å². The summed E-state index contributed by atoms with van der Waals surface area (Å²) in [5.41, 5.74) is 2.67. The van der Waals surface area contributed by atoms with Crippen molar-refractivity contribution in [2.24, 2.45) is 0 Å². The first-order chi connectivity index (χ1) is 12.4. The Morgan fingerprint density at radius 3 is 2.54 bits per heavy atom. The van der Waals surface area contributed by atoms with Crippen LogP contribution in [0.15, 0.2) is 48.5 Å². The zero-order valence-corrected chi connectivity index (χ0v) is 15.7. The minimum atomic E-state index is -3.31. The van der Waals surface area contributed by atoms with E-state index in [2.05, 4.69) is 0 Å². The maximum Gasteiger partial charge on any atom is 0.264 e. The van der Waals surface area contributed by atoms with Crippen LogP contribution in [-0.4, -0.2) is 40.8 Å². The van der Waals surface area contributed by atoms with Crippen molar-refractivity contribution in [1.82, 2.24) is 0 Å². The first-order valence-corrected chi connectivity index (χ1v) is 10.3. The fourth-order valence-corrected chi connectivity index (χ4v) is 3.46. The molecule has 138 valence electrons. The van der Waals surface area contributed by atoms with Crippen LogP contribution in [0.3, 0.4) is 0 Å². The van der Waals surface area contributed by atoms with Crippen LogP contribution in [0.25, 0.3) is 0 Å². The molecule has 0 fully saturated rings. The molecule has 0 radical (unpaired) electrons. The van der Waals surface area contributed by atoms with Crippen molar-refractivity contribution in [3.8, 4) is 5.75 Å². The molecule has 0 saturated carbocycles. The molecule has 0 atom stereocenters. The Labute approximate surface area is 154 Å². The fraction of sp³-hybridized carbons (Fsp3) is 0.316. The molecule has 2 aromatic rings. The number of amides is 1. The maximum absolute atomic E-state index is 12.6. The van der Waals surface area contributed by atoms with Gasteiger partial charge in [-0.3, -0.25) is 9.10 Å². The zero-order chi connectivity index (χ0) is 18.7. The molecule has 0 spiro atoms. The van der Waals surface area contributed by atoms with Gasteiger partial charge in [0.15, 0.2) is 6.61 Å². The number of nitrogens with zero attached hydrogens (tertiary/aromatic N) is 2. The number of benzene rings is 2. The summed E-state index contributed by atoms with van der Waals surface area (Å²) in [5, 5.41) is 0. The van der Waals surface area contributed by atoms with Crippen molar-refractivity contribution in [3.63, 3.8) is 0 Å². The fourth-order valence-electron chi connectivity index (χ4n) is 2.96. The molecule has 0 bridgehead atoms. The van der Waals surface area contributed by atoms with Gasteiger partial charge < -0.3 is 9.64 Å². The highest BCUT2D eigenvalue weighted by molar-refractivity contribution is 7.92. The smallest absolute Gasteiger partial charge is 0.264 e. The number of carbonyl (C=O) groups excluding carboxylic acids is 1. The number of ether oxygens (including phenoxy) is 1. The SMILES string of the molecule is CN(c1ccc(OCC(=O)N2CCCc3ccccc32)cc1)S(C)(=O)=O. The second-order valence-corrected chi connectivity index (χ2v) is 8.30. The van der Waals surface area contributed by atoms with E-state index in [1.807, 2.05) is 24.3 Å². The summed E-state index contributed by atoms with van der Waals surface area (Å²) in [4.78, 5) is 14.3. The number of aryl methyl sites for hydroxylation is 1. The maximum atomic E-state index is 12.6. The summed E-state index contributed by atoms with van der Waals surface area (Å²) in [6, 6.07) is 14.5. The Hall–Kier alpha value is -2.54. The molecule has 2 aromatic carbocycles. The largest absolute Gasteiger partial charge is 0.484 e. The molecule has 1 heterocycles. The molecule has 6 nitrogen and oxygen atoms in total. The number of fused-ring (bicyclic) bond motifs is 1. The summed E-state index contributed by atoms with van der Waals surface area (Å²) in [6.07, 6.45) is 3.07. The molecular formula is C19H22N2O4S.